The second kappa shape index (κ2) is 69.3. The van der Waals surface area contributed by atoms with Gasteiger partial charge in [-0.05, 0) is 109 Å². The van der Waals surface area contributed by atoms with Crippen LogP contribution in [-0.2, 0) is 28.6 Å². The minimum absolute atomic E-state index is 0.0969. The maximum absolute atomic E-state index is 13.0. The molecule has 0 rings (SSSR count). The Kier molecular flexibility index (Phi) is 65.8. The highest BCUT2D eigenvalue weighted by Gasteiger charge is 2.19. The Balaban J connectivity index is 4.44. The normalized spacial score (nSPS) is 12.9. The van der Waals surface area contributed by atoms with Crippen LogP contribution in [0.1, 0.15) is 323 Å². The maximum Gasteiger partial charge on any atom is 0.306 e. The third-order valence-electron chi connectivity index (χ3n) is 14.7. The molecule has 6 nitrogen and oxygen atoms in total. The van der Waals surface area contributed by atoms with Gasteiger partial charge >= 0.3 is 17.9 Å². The number of esters is 3. The minimum atomic E-state index is -0.807. The Morgan fingerprint density at radius 1 is 0.256 bits per heavy atom. The lowest BCUT2D eigenvalue weighted by Crippen LogP contribution is -2.30. The van der Waals surface area contributed by atoms with Gasteiger partial charge in [0, 0.05) is 19.3 Å². The summed E-state index contributed by atoms with van der Waals surface area (Å²) in [5, 5.41) is 0. The van der Waals surface area contributed by atoms with Gasteiger partial charge in [-0.25, -0.2) is 0 Å². The molecule has 0 aromatic carbocycles. The van der Waals surface area contributed by atoms with E-state index in [1.807, 2.05) is 0 Å². The minimum Gasteiger partial charge on any atom is -0.462 e. The van der Waals surface area contributed by atoms with E-state index in [-0.39, 0.29) is 31.1 Å². The average molecular weight is 1140 g/mol. The molecule has 468 valence electrons. The summed E-state index contributed by atoms with van der Waals surface area (Å²) in [7, 11) is 0. The molecule has 0 aromatic rings. The molecule has 82 heavy (non-hydrogen) atoms. The highest BCUT2D eigenvalue weighted by atomic mass is 16.6. The van der Waals surface area contributed by atoms with Crippen molar-refractivity contribution in [2.75, 3.05) is 13.2 Å². The summed E-state index contributed by atoms with van der Waals surface area (Å²) in [6.45, 7) is 6.41. The second-order valence-corrected chi connectivity index (χ2v) is 22.7. The van der Waals surface area contributed by atoms with E-state index in [0.29, 0.717) is 19.3 Å². The van der Waals surface area contributed by atoms with Gasteiger partial charge in [-0.1, -0.05) is 316 Å². The van der Waals surface area contributed by atoms with Crippen molar-refractivity contribution >= 4 is 17.9 Å². The molecule has 1 atom stereocenters. The molecule has 0 N–H and O–H groups in total. The van der Waals surface area contributed by atoms with Crippen LogP contribution in [0.25, 0.3) is 0 Å². The summed E-state index contributed by atoms with van der Waals surface area (Å²) in [5.74, 6) is -0.939. The van der Waals surface area contributed by atoms with Crippen molar-refractivity contribution in [3.8, 4) is 0 Å². The van der Waals surface area contributed by atoms with Gasteiger partial charge in [0.05, 0.1) is 0 Å². The zero-order valence-corrected chi connectivity index (χ0v) is 53.7. The summed E-state index contributed by atoms with van der Waals surface area (Å²) in [6, 6.07) is 0. The van der Waals surface area contributed by atoms with E-state index in [0.717, 1.165) is 148 Å². The van der Waals surface area contributed by atoms with E-state index >= 15 is 0 Å². The fraction of sp³-hybridized carbons (Fsp3) is 0.697. The number of rotatable bonds is 62. The number of carbonyl (C=O) groups is 3. The Labute approximate surface area is 507 Å². The van der Waals surface area contributed by atoms with Gasteiger partial charge in [-0.15, -0.1) is 0 Å². The highest BCUT2D eigenvalue weighted by molar-refractivity contribution is 5.71. The van der Waals surface area contributed by atoms with Crippen LogP contribution in [0, 0.1) is 0 Å². The maximum atomic E-state index is 13.0. The molecule has 0 radical (unpaired) electrons. The van der Waals surface area contributed by atoms with E-state index in [4.69, 9.17) is 14.2 Å². The van der Waals surface area contributed by atoms with E-state index < -0.39 is 6.10 Å². The second-order valence-electron chi connectivity index (χ2n) is 22.7. The van der Waals surface area contributed by atoms with Crippen LogP contribution in [0.3, 0.4) is 0 Å². The van der Waals surface area contributed by atoms with Crippen molar-refractivity contribution in [2.45, 2.75) is 329 Å². The van der Waals surface area contributed by atoms with Crippen molar-refractivity contribution in [3.63, 3.8) is 0 Å². The van der Waals surface area contributed by atoms with E-state index in [2.05, 4.69) is 142 Å². The van der Waals surface area contributed by atoms with Crippen LogP contribution in [0.15, 0.2) is 122 Å². The Morgan fingerprint density at radius 3 is 0.756 bits per heavy atom. The first kappa shape index (κ1) is 77.8. The topological polar surface area (TPSA) is 78.9 Å². The predicted molar refractivity (Wildman–Crippen MR) is 357 cm³/mol. The monoisotopic (exact) mass is 1140 g/mol. The molecule has 0 saturated heterocycles. The van der Waals surface area contributed by atoms with Crippen molar-refractivity contribution in [1.82, 2.24) is 0 Å². The smallest absolute Gasteiger partial charge is 0.306 e. The molecule has 1 unspecified atom stereocenters. The number of allylic oxidation sites excluding steroid dienone is 20. The van der Waals surface area contributed by atoms with Gasteiger partial charge in [-0.3, -0.25) is 14.4 Å². The lowest BCUT2D eigenvalue weighted by Gasteiger charge is -2.18. The molecule has 0 bridgehead atoms. The molecule has 0 aliphatic carbocycles. The molecule has 0 spiro atoms. The molecule has 0 aliphatic heterocycles. The molecule has 0 amide bonds. The van der Waals surface area contributed by atoms with Gasteiger partial charge < -0.3 is 14.2 Å². The van der Waals surface area contributed by atoms with Crippen molar-refractivity contribution < 1.29 is 28.6 Å². The summed E-state index contributed by atoms with van der Waals surface area (Å²) >= 11 is 0. The van der Waals surface area contributed by atoms with Crippen molar-refractivity contribution in [2.24, 2.45) is 0 Å². The van der Waals surface area contributed by atoms with Crippen LogP contribution >= 0.6 is 0 Å². The lowest BCUT2D eigenvalue weighted by atomic mass is 10.0. The quantitative estimate of drug-likeness (QED) is 0.0261. The summed E-state index contributed by atoms with van der Waals surface area (Å²) in [4.78, 5) is 38.5. The van der Waals surface area contributed by atoms with Gasteiger partial charge in [-0.2, -0.15) is 0 Å². The first-order valence-electron chi connectivity index (χ1n) is 34.5. The molecule has 6 heteroatoms. The van der Waals surface area contributed by atoms with Crippen molar-refractivity contribution in [3.05, 3.63) is 122 Å². The predicted octanol–water partition coefficient (Wildman–Crippen LogP) is 23.9. The Bertz CT molecular complexity index is 1690. The zero-order chi connectivity index (χ0) is 59.2. The van der Waals surface area contributed by atoms with Crippen molar-refractivity contribution in [1.29, 1.82) is 0 Å². The number of hydrogen-bond acceptors (Lipinski definition) is 6. The average Bonchev–Trinajstić information content (AvgIpc) is 3.47. The first-order valence-corrected chi connectivity index (χ1v) is 34.5. The molecule has 0 aliphatic rings. The first-order chi connectivity index (χ1) is 40.5. The molecule has 0 saturated carbocycles. The standard InChI is InChI=1S/C76H128O6/c1-4-7-10-13-16-19-22-25-28-31-34-36-37-38-40-42-45-48-51-54-57-60-63-66-69-75(78)81-72-73(71-80-74(77)68-65-62-59-56-53-50-47-44-41-33-30-27-24-21-18-15-12-9-6-3)82-76(79)70-67-64-61-58-55-52-49-46-43-39-35-32-29-26-23-20-17-14-11-8-5-2/h8-9,11-12,17-18,20-21,26-27,29-30,35,39,41,44,46,49-50,53,73H,4-7,10,13-16,19,22-25,28,31-34,36-38,40,42-43,45,47-48,51-52,54-72H2,1-3H3/b11-8-,12-9-,20-17-,21-18-,29-26-,30-27-,39-35-,44-41-,49-46-,53-50-. The van der Waals surface area contributed by atoms with E-state index in [1.165, 1.54) is 135 Å². The van der Waals surface area contributed by atoms with Crippen LogP contribution in [-0.4, -0.2) is 37.2 Å². The number of carbonyl (C=O) groups excluding carboxylic acids is 3. The zero-order valence-electron chi connectivity index (χ0n) is 53.7. The lowest BCUT2D eigenvalue weighted by molar-refractivity contribution is -0.167. The van der Waals surface area contributed by atoms with Gasteiger partial charge in [0.15, 0.2) is 6.10 Å². The number of unbranched alkanes of at least 4 members (excludes halogenated alkanes) is 31. The molecule has 0 heterocycles. The number of ether oxygens (including phenoxy) is 3. The Morgan fingerprint density at radius 2 is 0.476 bits per heavy atom. The van der Waals surface area contributed by atoms with Gasteiger partial charge in [0.25, 0.3) is 0 Å². The number of hydrogen-bond donors (Lipinski definition) is 0. The van der Waals surface area contributed by atoms with Gasteiger partial charge in [0.1, 0.15) is 13.2 Å². The largest absolute Gasteiger partial charge is 0.462 e. The van der Waals surface area contributed by atoms with Crippen LogP contribution in [0.5, 0.6) is 0 Å². The Hall–Kier alpha value is -4.19. The molecular weight excluding hydrogens is 1010 g/mol. The van der Waals surface area contributed by atoms with E-state index in [9.17, 15) is 14.4 Å². The van der Waals surface area contributed by atoms with Crippen LogP contribution in [0.2, 0.25) is 0 Å². The molecule has 0 aromatic heterocycles. The van der Waals surface area contributed by atoms with E-state index in [1.54, 1.807) is 0 Å². The highest BCUT2D eigenvalue weighted by Crippen LogP contribution is 2.17. The third kappa shape index (κ3) is 66.6. The fourth-order valence-corrected chi connectivity index (χ4v) is 9.62. The third-order valence-corrected chi connectivity index (χ3v) is 14.7. The fourth-order valence-electron chi connectivity index (χ4n) is 9.62. The van der Waals surface area contributed by atoms with Crippen LogP contribution < -0.4 is 0 Å². The summed E-state index contributed by atoms with van der Waals surface area (Å²) < 4.78 is 16.9. The van der Waals surface area contributed by atoms with Gasteiger partial charge in [0.2, 0.25) is 0 Å². The van der Waals surface area contributed by atoms with Crippen LogP contribution in [0.4, 0.5) is 0 Å². The molecular formula is C76H128O6. The summed E-state index contributed by atoms with van der Waals surface area (Å²) in [6.07, 6.45) is 96.5. The molecule has 0 fully saturated rings. The SMILES string of the molecule is CC/C=C\C/C=C\C/C=C\C/C=C\C/C=C\CCCCCCCC(=O)OC(COC(=O)CCCCC/C=C\C/C=C\C/C=C\C/C=C\C/C=C\CC)COC(=O)CCCCCCCCCCCCCCCCCCCCCCCCCC. The summed E-state index contributed by atoms with van der Waals surface area (Å²) in [5.41, 5.74) is 0.